The number of carbonyl (C=O) groups excluding carboxylic acids is 3. The van der Waals surface area contributed by atoms with Gasteiger partial charge in [0.2, 0.25) is 17.7 Å². The standard InChI is InChI=1S/C16H28N4O5S2/c1-9(16(24)25)18-14(22)11(5-7-27-2)19-15(23)12(8-26)20-13(21)10-4-3-6-17-10/h9-12,17,26H,3-8H2,1-2H3,(H,18,22)(H,19,23)(H,20,21)(H,24,25). The van der Waals surface area contributed by atoms with Crippen LogP contribution < -0.4 is 21.3 Å². The molecule has 0 aromatic rings. The molecule has 0 saturated carbocycles. The second kappa shape index (κ2) is 12.1. The normalized spacial score (nSPS) is 19.6. The highest BCUT2D eigenvalue weighted by Crippen LogP contribution is 2.06. The number of rotatable bonds is 11. The summed E-state index contributed by atoms with van der Waals surface area (Å²) in [4.78, 5) is 48.0. The van der Waals surface area contributed by atoms with Crippen LogP contribution in [0.2, 0.25) is 0 Å². The van der Waals surface area contributed by atoms with Crippen LogP contribution in [0.15, 0.2) is 0 Å². The Morgan fingerprint density at radius 2 is 1.85 bits per heavy atom. The van der Waals surface area contributed by atoms with Gasteiger partial charge < -0.3 is 26.4 Å². The van der Waals surface area contributed by atoms with E-state index in [0.717, 1.165) is 13.0 Å². The minimum absolute atomic E-state index is 0.0761. The van der Waals surface area contributed by atoms with Crippen LogP contribution in [0.5, 0.6) is 0 Å². The summed E-state index contributed by atoms with van der Waals surface area (Å²) >= 11 is 5.62. The molecule has 4 unspecified atom stereocenters. The van der Waals surface area contributed by atoms with Gasteiger partial charge in [0.05, 0.1) is 6.04 Å². The maximum Gasteiger partial charge on any atom is 0.325 e. The van der Waals surface area contributed by atoms with Gasteiger partial charge in [-0.05, 0) is 44.7 Å². The lowest BCUT2D eigenvalue weighted by Crippen LogP contribution is -2.57. The summed E-state index contributed by atoms with van der Waals surface area (Å²) in [5, 5.41) is 19.6. The molecule has 4 atom stereocenters. The number of carbonyl (C=O) groups is 4. The van der Waals surface area contributed by atoms with Gasteiger partial charge in [0.15, 0.2) is 0 Å². The lowest BCUT2D eigenvalue weighted by Gasteiger charge is -2.23. The highest BCUT2D eigenvalue weighted by atomic mass is 32.2. The van der Waals surface area contributed by atoms with E-state index in [0.29, 0.717) is 18.6 Å². The van der Waals surface area contributed by atoms with E-state index in [-0.39, 0.29) is 17.7 Å². The topological polar surface area (TPSA) is 137 Å². The van der Waals surface area contributed by atoms with Crippen LogP contribution >= 0.6 is 24.4 Å². The summed E-state index contributed by atoms with van der Waals surface area (Å²) in [7, 11) is 0. The van der Waals surface area contributed by atoms with E-state index >= 15 is 0 Å². The van der Waals surface area contributed by atoms with Crippen molar-refractivity contribution in [1.82, 2.24) is 21.3 Å². The fourth-order valence-corrected chi connectivity index (χ4v) is 3.26. The second-order valence-electron chi connectivity index (χ2n) is 6.30. The third-order valence-electron chi connectivity index (χ3n) is 4.17. The minimum atomic E-state index is -1.16. The molecule has 3 amide bonds. The molecule has 1 aliphatic heterocycles. The second-order valence-corrected chi connectivity index (χ2v) is 7.65. The molecular weight excluding hydrogens is 392 g/mol. The Morgan fingerprint density at radius 3 is 2.37 bits per heavy atom. The summed E-state index contributed by atoms with van der Waals surface area (Å²) in [6.07, 6.45) is 3.80. The Balaban J connectivity index is 2.69. The molecule has 1 saturated heterocycles. The first-order valence-corrected chi connectivity index (χ1v) is 10.8. The third-order valence-corrected chi connectivity index (χ3v) is 5.17. The van der Waals surface area contributed by atoms with Crippen molar-refractivity contribution in [1.29, 1.82) is 0 Å². The van der Waals surface area contributed by atoms with Crippen LogP contribution in [0.4, 0.5) is 0 Å². The zero-order valence-corrected chi connectivity index (χ0v) is 17.2. The Hall–Kier alpha value is -1.46. The highest BCUT2D eigenvalue weighted by molar-refractivity contribution is 7.98. The number of thiol groups is 1. The number of carboxylic acid groups (broad SMARTS) is 1. The summed E-state index contributed by atoms with van der Waals surface area (Å²) in [6, 6.07) is -3.17. The SMILES string of the molecule is CSCCC(NC(=O)C(CS)NC(=O)C1CCCN1)C(=O)NC(C)C(=O)O. The zero-order chi connectivity index (χ0) is 20.4. The van der Waals surface area contributed by atoms with Crippen molar-refractivity contribution < 1.29 is 24.3 Å². The van der Waals surface area contributed by atoms with Crippen LogP contribution in [0.25, 0.3) is 0 Å². The average molecular weight is 421 g/mol. The smallest absolute Gasteiger partial charge is 0.325 e. The van der Waals surface area contributed by atoms with Crippen molar-refractivity contribution >= 4 is 48.1 Å². The predicted octanol–water partition coefficient (Wildman–Crippen LogP) is -1.02. The van der Waals surface area contributed by atoms with Gasteiger partial charge >= 0.3 is 5.97 Å². The monoisotopic (exact) mass is 420 g/mol. The molecule has 0 bridgehead atoms. The summed E-state index contributed by atoms with van der Waals surface area (Å²) < 4.78 is 0. The van der Waals surface area contributed by atoms with Crippen LogP contribution in [-0.2, 0) is 19.2 Å². The minimum Gasteiger partial charge on any atom is -0.480 e. The largest absolute Gasteiger partial charge is 0.480 e. The van der Waals surface area contributed by atoms with Crippen molar-refractivity contribution in [3.8, 4) is 0 Å². The number of thioether (sulfide) groups is 1. The number of hydrogen-bond donors (Lipinski definition) is 6. The first-order chi connectivity index (χ1) is 12.8. The van der Waals surface area contributed by atoms with E-state index in [1.54, 1.807) is 0 Å². The van der Waals surface area contributed by atoms with Crippen molar-refractivity contribution in [2.24, 2.45) is 0 Å². The summed E-state index contributed by atoms with van der Waals surface area (Å²) in [6.45, 7) is 2.10. The van der Waals surface area contributed by atoms with E-state index in [1.807, 2.05) is 6.26 Å². The number of nitrogens with one attached hydrogen (secondary N) is 4. The lowest BCUT2D eigenvalue weighted by atomic mass is 10.1. The highest BCUT2D eigenvalue weighted by Gasteiger charge is 2.30. The quantitative estimate of drug-likeness (QED) is 0.235. The molecule has 1 aliphatic rings. The molecule has 11 heteroatoms. The zero-order valence-electron chi connectivity index (χ0n) is 15.5. The molecule has 0 spiro atoms. The average Bonchev–Trinajstić information content (AvgIpc) is 3.17. The number of amides is 3. The van der Waals surface area contributed by atoms with E-state index in [1.165, 1.54) is 18.7 Å². The first kappa shape index (κ1) is 23.6. The van der Waals surface area contributed by atoms with Gasteiger partial charge in [-0.2, -0.15) is 24.4 Å². The molecule has 1 fully saturated rings. The molecular formula is C16H28N4O5S2. The molecule has 0 radical (unpaired) electrons. The fraction of sp³-hybridized carbons (Fsp3) is 0.750. The molecule has 0 aromatic heterocycles. The van der Waals surface area contributed by atoms with Gasteiger partial charge in [0.25, 0.3) is 0 Å². The van der Waals surface area contributed by atoms with Crippen LogP contribution in [0.3, 0.4) is 0 Å². The number of hydrogen-bond acceptors (Lipinski definition) is 7. The fourth-order valence-electron chi connectivity index (χ4n) is 2.53. The maximum absolute atomic E-state index is 12.5. The van der Waals surface area contributed by atoms with Crippen molar-refractivity contribution in [3.05, 3.63) is 0 Å². The van der Waals surface area contributed by atoms with E-state index in [9.17, 15) is 19.2 Å². The van der Waals surface area contributed by atoms with E-state index in [4.69, 9.17) is 5.11 Å². The first-order valence-electron chi connectivity index (χ1n) is 8.77. The van der Waals surface area contributed by atoms with Crippen LogP contribution in [0, 0.1) is 0 Å². The Morgan fingerprint density at radius 1 is 1.19 bits per heavy atom. The Labute approximate surface area is 168 Å². The van der Waals surface area contributed by atoms with Gasteiger partial charge in [-0.25, -0.2) is 0 Å². The van der Waals surface area contributed by atoms with Crippen molar-refractivity contribution in [2.75, 3.05) is 24.3 Å². The number of carboxylic acids is 1. The van der Waals surface area contributed by atoms with Gasteiger partial charge in [0, 0.05) is 5.75 Å². The molecule has 0 aliphatic carbocycles. The summed E-state index contributed by atoms with van der Waals surface area (Å²) in [5.74, 6) is -1.86. The number of aliphatic carboxylic acids is 1. The van der Waals surface area contributed by atoms with Gasteiger partial charge in [-0.3, -0.25) is 19.2 Å². The van der Waals surface area contributed by atoms with Gasteiger partial charge in [-0.15, -0.1) is 0 Å². The van der Waals surface area contributed by atoms with Crippen LogP contribution in [-0.4, -0.2) is 77.3 Å². The van der Waals surface area contributed by atoms with Crippen LogP contribution in [0.1, 0.15) is 26.2 Å². The molecule has 154 valence electrons. The maximum atomic E-state index is 12.5. The summed E-state index contributed by atoms with van der Waals surface area (Å²) in [5.41, 5.74) is 0. The Kier molecular flexibility index (Phi) is 10.6. The van der Waals surface area contributed by atoms with Gasteiger partial charge in [-0.1, -0.05) is 0 Å². The third kappa shape index (κ3) is 7.97. The molecule has 0 aromatic carbocycles. The van der Waals surface area contributed by atoms with Crippen molar-refractivity contribution in [3.63, 3.8) is 0 Å². The molecule has 9 nitrogen and oxygen atoms in total. The lowest BCUT2D eigenvalue weighted by molar-refractivity contribution is -0.141. The molecule has 1 rings (SSSR count). The van der Waals surface area contributed by atoms with E-state index in [2.05, 4.69) is 33.9 Å². The molecule has 1 heterocycles. The Bertz CT molecular complexity index is 543. The van der Waals surface area contributed by atoms with Crippen molar-refractivity contribution in [2.45, 2.75) is 50.4 Å². The van der Waals surface area contributed by atoms with E-state index < -0.39 is 35.9 Å². The molecule has 27 heavy (non-hydrogen) atoms. The predicted molar refractivity (Wildman–Crippen MR) is 107 cm³/mol. The van der Waals surface area contributed by atoms with Gasteiger partial charge in [0.1, 0.15) is 18.1 Å². The molecule has 5 N–H and O–H groups in total.